The quantitative estimate of drug-likeness (QED) is 0.0286. The number of phenols is 1. The number of quaternary nitrogens is 1. The van der Waals surface area contributed by atoms with Gasteiger partial charge in [-0.05, 0) is 142 Å². The number of carbonyl (C=O) groups is 2. The molecule has 0 aliphatic heterocycles. The molecule has 0 bridgehead atoms. The summed E-state index contributed by atoms with van der Waals surface area (Å²) in [5.74, 6) is 1.26. The second-order valence-corrected chi connectivity index (χ2v) is 28.8. The van der Waals surface area contributed by atoms with Crippen LogP contribution in [0.15, 0.2) is 60.7 Å². The summed E-state index contributed by atoms with van der Waals surface area (Å²) < 4.78 is 8.24. The van der Waals surface area contributed by atoms with Crippen molar-refractivity contribution < 1.29 is 28.3 Å². The first-order chi connectivity index (χ1) is 35.5. The van der Waals surface area contributed by atoms with Gasteiger partial charge < -0.3 is 28.5 Å². The first-order valence-electron chi connectivity index (χ1n) is 29.0. The molecule has 0 amide bonds. The van der Waals surface area contributed by atoms with Gasteiger partial charge in [0.2, 0.25) is 0 Å². The molecule has 2 heterocycles. The van der Waals surface area contributed by atoms with E-state index in [9.17, 15) is 14.7 Å². The van der Waals surface area contributed by atoms with Gasteiger partial charge in [-0.2, -0.15) is 0 Å². The summed E-state index contributed by atoms with van der Waals surface area (Å²) in [4.78, 5) is 30.2. The van der Waals surface area contributed by atoms with Crippen molar-refractivity contribution in [2.24, 2.45) is 0 Å². The molecule has 4 aromatic rings. The predicted octanol–water partition coefficient (Wildman–Crippen LogP) is 16.4. The number of anilines is 2. The van der Waals surface area contributed by atoms with Crippen molar-refractivity contribution in [3.8, 4) is 11.5 Å². The number of aromatic hydroxyl groups is 1. The highest BCUT2D eigenvalue weighted by Gasteiger charge is 2.39. The SMILES string of the molecule is CCCCN(CCCC)c1ccc(/C=C/c2ccc(C=O)s2)c(O)c1.CCCCN(CCCC)c1ccc(C=Cc2ccc(C=O)s2)c(O[Si](C)(C)C(C)(C)C)c1.CCCC[N+](CCCC)(CCCC)CCCC.[F-]. The average Bonchev–Trinajstić information content (AvgIpc) is 4.07. The Morgan fingerprint density at radius 1 is 0.507 bits per heavy atom. The van der Waals surface area contributed by atoms with Crippen molar-refractivity contribution in [1.29, 1.82) is 0 Å². The van der Waals surface area contributed by atoms with Gasteiger partial charge in [0.15, 0.2) is 12.6 Å². The van der Waals surface area contributed by atoms with Crippen molar-refractivity contribution in [2.75, 3.05) is 62.2 Å². The summed E-state index contributed by atoms with van der Waals surface area (Å²) in [5, 5.41) is 10.5. The molecule has 75 heavy (non-hydrogen) atoms. The fourth-order valence-electron chi connectivity index (χ4n) is 8.41. The Morgan fingerprint density at radius 3 is 1.19 bits per heavy atom. The zero-order valence-electron chi connectivity index (χ0n) is 49.4. The van der Waals surface area contributed by atoms with Crippen LogP contribution in [-0.4, -0.2) is 82.8 Å². The zero-order chi connectivity index (χ0) is 54.8. The third kappa shape index (κ3) is 25.8. The lowest BCUT2D eigenvalue weighted by molar-refractivity contribution is -0.929. The van der Waals surface area contributed by atoms with Gasteiger partial charge in [0.25, 0.3) is 8.32 Å². The molecule has 7 nitrogen and oxygen atoms in total. The van der Waals surface area contributed by atoms with Crippen LogP contribution in [-0.2, 0) is 0 Å². The molecule has 11 heteroatoms. The number of halogens is 1. The molecule has 2 aromatic carbocycles. The lowest BCUT2D eigenvalue weighted by Gasteiger charge is -2.39. The van der Waals surface area contributed by atoms with Crippen LogP contribution in [0.5, 0.6) is 11.5 Å². The third-order valence-corrected chi connectivity index (χ3v) is 20.7. The van der Waals surface area contributed by atoms with Gasteiger partial charge in [0.05, 0.1) is 35.9 Å². The topological polar surface area (TPSA) is 70.1 Å². The maximum absolute atomic E-state index is 11.0. The first kappa shape index (κ1) is 69.0. The molecule has 0 saturated heterocycles. The number of thiophene rings is 2. The minimum atomic E-state index is -1.99. The number of phenolic OH excluding ortho intramolecular Hbond substituents is 1. The molecule has 2 aromatic heterocycles. The summed E-state index contributed by atoms with van der Waals surface area (Å²) >= 11 is 2.95. The number of hydrogen-bond acceptors (Lipinski definition) is 8. The lowest BCUT2D eigenvalue weighted by atomic mass is 10.1. The van der Waals surface area contributed by atoms with E-state index < -0.39 is 8.32 Å². The van der Waals surface area contributed by atoms with Gasteiger partial charge in [-0.25, -0.2) is 0 Å². The van der Waals surface area contributed by atoms with E-state index in [0.717, 1.165) is 88.8 Å². The van der Waals surface area contributed by atoms with Gasteiger partial charge in [0.1, 0.15) is 11.5 Å². The van der Waals surface area contributed by atoms with Crippen LogP contribution in [0.4, 0.5) is 11.4 Å². The third-order valence-electron chi connectivity index (χ3n) is 14.4. The highest BCUT2D eigenvalue weighted by molar-refractivity contribution is 7.14. The van der Waals surface area contributed by atoms with E-state index >= 15 is 0 Å². The normalized spacial score (nSPS) is 11.7. The minimum absolute atomic E-state index is 0. The Bertz CT molecular complexity index is 2140. The summed E-state index contributed by atoms with van der Waals surface area (Å²) in [6.45, 7) is 39.5. The summed E-state index contributed by atoms with van der Waals surface area (Å²) in [5.41, 5.74) is 4.20. The van der Waals surface area contributed by atoms with Crippen molar-refractivity contribution in [1.82, 2.24) is 0 Å². The molecular formula is C64H104FN3O4S2Si. The van der Waals surface area contributed by atoms with Crippen molar-refractivity contribution >= 4 is 79.2 Å². The smallest absolute Gasteiger partial charge is 0.250 e. The standard InChI is InChI=1S/C27H41NO2SSi.C21H27NO2S.C16H36N.FH/c1-8-10-18-28(19-11-9-2)23-14-12-22(13-15-24-16-17-25(21-29)31-24)26(20-23)30-32(6,7)27(3,4)5;1-3-5-13-22(14-6-4-2)18-9-7-17(21(24)15-18)8-10-19-11-12-20(16-23)25-19;1-5-9-13-17(14-10-6-2,15-11-7-3)16-12-8-4;/h12-17,20-21H,8-11,18-19H2,1-7H3;7-12,15-16,24H,3-6,13-14H2,1-2H3;5-16H2,1-4H3;1H/q;;+1;/p-1/b;10-8+;;. The lowest BCUT2D eigenvalue weighted by Crippen LogP contribution is -3.00. The molecule has 0 spiro atoms. The van der Waals surface area contributed by atoms with Gasteiger partial charge in [0, 0.05) is 70.6 Å². The van der Waals surface area contributed by atoms with Crippen LogP contribution in [0.2, 0.25) is 18.1 Å². The van der Waals surface area contributed by atoms with Gasteiger partial charge in [-0.3, -0.25) is 9.59 Å². The number of carbonyl (C=O) groups excluding carboxylic acids is 2. The average molecular weight is 1090 g/mol. The predicted molar refractivity (Wildman–Crippen MR) is 333 cm³/mol. The van der Waals surface area contributed by atoms with Crippen LogP contribution in [0, 0.1) is 0 Å². The maximum Gasteiger partial charge on any atom is 0.250 e. The molecule has 0 fully saturated rings. The van der Waals surface area contributed by atoms with Crippen LogP contribution in [0.1, 0.15) is 219 Å². The van der Waals surface area contributed by atoms with E-state index in [1.165, 1.54) is 149 Å². The van der Waals surface area contributed by atoms with E-state index in [1.807, 2.05) is 42.5 Å². The molecule has 4 rings (SSSR count). The van der Waals surface area contributed by atoms with Gasteiger partial charge in [-0.15, -0.1) is 22.7 Å². The number of rotatable bonds is 34. The Hall–Kier alpha value is -4.03. The number of benzene rings is 2. The Balaban J connectivity index is 0.000000586. The molecule has 0 unspecified atom stereocenters. The molecule has 0 radical (unpaired) electrons. The highest BCUT2D eigenvalue weighted by atomic mass is 32.1. The van der Waals surface area contributed by atoms with Gasteiger partial charge >= 0.3 is 0 Å². The monoisotopic (exact) mass is 1090 g/mol. The molecule has 0 aliphatic carbocycles. The number of unbranched alkanes of at least 4 members (excludes halogenated alkanes) is 8. The highest BCUT2D eigenvalue weighted by Crippen LogP contribution is 2.40. The largest absolute Gasteiger partial charge is 1.00 e. The molecule has 1 N–H and O–H groups in total. The molecular weight excluding hydrogens is 986 g/mol. The van der Waals surface area contributed by atoms with Crippen molar-refractivity contribution in [3.63, 3.8) is 0 Å². The molecule has 0 aliphatic rings. The fraction of sp³-hybridized carbons (Fsp3) is 0.594. The maximum atomic E-state index is 11.0. The Labute approximate surface area is 467 Å². The minimum Gasteiger partial charge on any atom is -1.00 e. The second kappa shape index (κ2) is 38.5. The van der Waals surface area contributed by atoms with E-state index in [-0.39, 0.29) is 9.74 Å². The van der Waals surface area contributed by atoms with Crippen molar-refractivity contribution in [3.05, 3.63) is 91.3 Å². The second-order valence-electron chi connectivity index (χ2n) is 21.7. The van der Waals surface area contributed by atoms with Crippen LogP contribution in [0.25, 0.3) is 24.3 Å². The van der Waals surface area contributed by atoms with Crippen LogP contribution >= 0.6 is 22.7 Å². The fourth-order valence-corrected chi connectivity index (χ4v) is 10.9. The molecule has 0 saturated carbocycles. The zero-order valence-corrected chi connectivity index (χ0v) is 52.0. The number of aldehydes is 2. The van der Waals surface area contributed by atoms with E-state index in [1.54, 1.807) is 6.07 Å². The van der Waals surface area contributed by atoms with Crippen molar-refractivity contribution in [2.45, 2.75) is 197 Å². The number of nitrogens with zero attached hydrogens (tertiary/aromatic N) is 3. The van der Waals surface area contributed by atoms with Gasteiger partial charge in [-0.1, -0.05) is 128 Å². The number of hydrogen-bond donors (Lipinski definition) is 1. The summed E-state index contributed by atoms with van der Waals surface area (Å²) in [6.07, 6.45) is 30.3. The molecule has 422 valence electrons. The Kier molecular flexibility index (Phi) is 35.4. The van der Waals surface area contributed by atoms with E-state index in [4.69, 9.17) is 4.43 Å². The summed E-state index contributed by atoms with van der Waals surface area (Å²) in [7, 11) is -1.99. The van der Waals surface area contributed by atoms with Crippen LogP contribution in [0.3, 0.4) is 0 Å². The first-order valence-corrected chi connectivity index (χ1v) is 33.5. The van der Waals surface area contributed by atoms with E-state index in [2.05, 4.69) is 135 Å². The van der Waals surface area contributed by atoms with Crippen LogP contribution < -0.4 is 18.9 Å². The summed E-state index contributed by atoms with van der Waals surface area (Å²) in [6, 6.07) is 20.1. The molecule has 0 atom stereocenters. The Morgan fingerprint density at radius 2 is 0.853 bits per heavy atom. The van der Waals surface area contributed by atoms with E-state index in [0.29, 0.717) is 10.6 Å².